The molecule has 1 atom stereocenters. The van der Waals surface area contributed by atoms with Crippen LogP contribution in [0.15, 0.2) is 84.9 Å². The predicted molar refractivity (Wildman–Crippen MR) is 115 cm³/mol. The van der Waals surface area contributed by atoms with E-state index in [0.29, 0.717) is 0 Å². The number of nitro benzene ring substituents is 1. The summed E-state index contributed by atoms with van der Waals surface area (Å²) in [6, 6.07) is 23.0. The van der Waals surface area contributed by atoms with Crippen LogP contribution in [0.2, 0.25) is 0 Å². The van der Waals surface area contributed by atoms with Gasteiger partial charge in [-0.2, -0.15) is 0 Å². The quantitative estimate of drug-likeness (QED) is 0.422. The lowest BCUT2D eigenvalue weighted by molar-refractivity contribution is -0.384. The number of amides is 2. The molecule has 0 saturated carbocycles. The van der Waals surface area contributed by atoms with Gasteiger partial charge in [-0.15, -0.1) is 0 Å². The van der Waals surface area contributed by atoms with Crippen LogP contribution >= 0.6 is 0 Å². The van der Waals surface area contributed by atoms with Crippen molar-refractivity contribution in [1.82, 2.24) is 5.32 Å². The van der Waals surface area contributed by atoms with Gasteiger partial charge in [0.05, 0.1) is 4.92 Å². The molecule has 0 saturated heterocycles. The summed E-state index contributed by atoms with van der Waals surface area (Å²) in [7, 11) is 0. The number of carbonyl (C=O) groups excluding carboxylic acids is 2. The first-order chi connectivity index (χ1) is 15.0. The summed E-state index contributed by atoms with van der Waals surface area (Å²) in [5.41, 5.74) is 1.77. The third kappa shape index (κ3) is 6.67. The standard InChI is InChI=1S/C23H21N3O5/c27-22(24-19-12-7-13-20(15-19)26(29)30)21(14-17-8-3-1-4-9-17)25-23(28)31-16-18-10-5-2-6-11-18/h1-13,15,21H,14,16H2,(H,24,27)(H,25,28). The molecule has 0 radical (unpaired) electrons. The first-order valence-electron chi connectivity index (χ1n) is 9.58. The van der Waals surface area contributed by atoms with Crippen LogP contribution in [0.4, 0.5) is 16.2 Å². The van der Waals surface area contributed by atoms with Crippen molar-refractivity contribution in [2.24, 2.45) is 0 Å². The molecule has 0 aromatic heterocycles. The molecule has 3 aromatic rings. The molecule has 2 N–H and O–H groups in total. The lowest BCUT2D eigenvalue weighted by Gasteiger charge is -2.18. The zero-order chi connectivity index (χ0) is 22.1. The van der Waals surface area contributed by atoms with Gasteiger partial charge in [0.1, 0.15) is 12.6 Å². The maximum absolute atomic E-state index is 12.9. The van der Waals surface area contributed by atoms with Crippen LogP contribution < -0.4 is 10.6 Å². The Hall–Kier alpha value is -4.20. The molecule has 31 heavy (non-hydrogen) atoms. The van der Waals surface area contributed by atoms with E-state index in [-0.39, 0.29) is 24.4 Å². The van der Waals surface area contributed by atoms with Crippen molar-refractivity contribution in [2.45, 2.75) is 19.1 Å². The number of alkyl carbamates (subject to hydrolysis) is 1. The van der Waals surface area contributed by atoms with E-state index in [1.54, 1.807) is 0 Å². The number of nitrogens with one attached hydrogen (secondary N) is 2. The van der Waals surface area contributed by atoms with Crippen LogP contribution in [0.3, 0.4) is 0 Å². The Labute approximate surface area is 179 Å². The van der Waals surface area contributed by atoms with Crippen molar-refractivity contribution in [3.05, 3.63) is 106 Å². The monoisotopic (exact) mass is 419 g/mol. The van der Waals surface area contributed by atoms with Gasteiger partial charge in [0.15, 0.2) is 0 Å². The van der Waals surface area contributed by atoms with Crippen LogP contribution in [-0.2, 0) is 22.6 Å². The van der Waals surface area contributed by atoms with Crippen LogP contribution in [-0.4, -0.2) is 23.0 Å². The largest absolute Gasteiger partial charge is 0.445 e. The molecular formula is C23H21N3O5. The number of nitrogens with zero attached hydrogens (tertiary/aromatic N) is 1. The fourth-order valence-corrected chi connectivity index (χ4v) is 2.89. The van der Waals surface area contributed by atoms with Crippen LogP contribution in [0.5, 0.6) is 0 Å². The zero-order valence-corrected chi connectivity index (χ0v) is 16.6. The summed E-state index contributed by atoms with van der Waals surface area (Å²) in [5, 5.41) is 16.2. The minimum Gasteiger partial charge on any atom is -0.445 e. The van der Waals surface area contributed by atoms with E-state index in [1.165, 1.54) is 24.3 Å². The van der Waals surface area contributed by atoms with Crippen LogP contribution in [0.1, 0.15) is 11.1 Å². The number of carbonyl (C=O) groups is 2. The van der Waals surface area contributed by atoms with E-state index >= 15 is 0 Å². The number of hydrogen-bond donors (Lipinski definition) is 2. The van der Waals surface area contributed by atoms with Crippen molar-refractivity contribution in [3.8, 4) is 0 Å². The average Bonchev–Trinajstić information content (AvgIpc) is 2.79. The van der Waals surface area contributed by atoms with Gasteiger partial charge >= 0.3 is 6.09 Å². The molecule has 158 valence electrons. The second kappa shape index (κ2) is 10.5. The van der Waals surface area contributed by atoms with Crippen molar-refractivity contribution in [1.29, 1.82) is 0 Å². The number of hydrogen-bond acceptors (Lipinski definition) is 5. The Morgan fingerprint density at radius 3 is 2.19 bits per heavy atom. The minimum absolute atomic E-state index is 0.0667. The van der Waals surface area contributed by atoms with Crippen molar-refractivity contribution < 1.29 is 19.2 Å². The number of anilines is 1. The Morgan fingerprint density at radius 1 is 0.903 bits per heavy atom. The van der Waals surface area contributed by atoms with Crippen LogP contribution in [0.25, 0.3) is 0 Å². The highest BCUT2D eigenvalue weighted by Crippen LogP contribution is 2.17. The maximum Gasteiger partial charge on any atom is 0.408 e. The number of nitro groups is 1. The van der Waals surface area contributed by atoms with Gasteiger partial charge < -0.3 is 15.4 Å². The summed E-state index contributed by atoms with van der Waals surface area (Å²) in [5.74, 6) is -0.513. The highest BCUT2D eigenvalue weighted by Gasteiger charge is 2.23. The second-order valence-electron chi connectivity index (χ2n) is 6.75. The normalized spacial score (nSPS) is 11.2. The third-order valence-electron chi connectivity index (χ3n) is 4.43. The molecule has 8 heteroatoms. The fourth-order valence-electron chi connectivity index (χ4n) is 2.89. The Balaban J connectivity index is 1.69. The summed E-state index contributed by atoms with van der Waals surface area (Å²) in [6.07, 6.45) is -0.513. The number of ether oxygens (including phenoxy) is 1. The van der Waals surface area contributed by atoms with Crippen molar-refractivity contribution in [2.75, 3.05) is 5.32 Å². The molecule has 0 spiro atoms. The van der Waals surface area contributed by atoms with Gasteiger partial charge in [0.25, 0.3) is 5.69 Å². The molecule has 0 aliphatic heterocycles. The fraction of sp³-hybridized carbons (Fsp3) is 0.130. The summed E-state index contributed by atoms with van der Waals surface area (Å²) in [6.45, 7) is 0.0667. The van der Waals surface area contributed by atoms with Gasteiger partial charge in [-0.25, -0.2) is 4.79 Å². The maximum atomic E-state index is 12.9. The second-order valence-corrected chi connectivity index (χ2v) is 6.75. The molecule has 1 unspecified atom stereocenters. The molecular weight excluding hydrogens is 398 g/mol. The number of rotatable bonds is 8. The minimum atomic E-state index is -0.940. The van der Waals surface area contributed by atoms with Crippen LogP contribution in [0, 0.1) is 10.1 Å². The summed E-state index contributed by atoms with van der Waals surface area (Å²) < 4.78 is 5.23. The van der Waals surface area contributed by atoms with Gasteiger partial charge in [-0.1, -0.05) is 66.7 Å². The molecule has 0 bridgehead atoms. The first kappa shape index (κ1) is 21.5. The van der Waals surface area contributed by atoms with E-state index in [4.69, 9.17) is 4.74 Å². The van der Waals surface area contributed by atoms with Gasteiger partial charge in [0.2, 0.25) is 5.91 Å². The molecule has 3 rings (SSSR count). The van der Waals surface area contributed by atoms with E-state index in [1.807, 2.05) is 60.7 Å². The van der Waals surface area contributed by atoms with E-state index < -0.39 is 23.0 Å². The SMILES string of the molecule is O=C(NC(Cc1ccccc1)C(=O)Nc1cccc([N+](=O)[O-])c1)OCc1ccccc1. The lowest BCUT2D eigenvalue weighted by Crippen LogP contribution is -2.45. The van der Waals surface area contributed by atoms with Gasteiger partial charge in [0, 0.05) is 24.2 Å². The molecule has 2 amide bonds. The topological polar surface area (TPSA) is 111 Å². The number of benzene rings is 3. The Morgan fingerprint density at radius 2 is 1.55 bits per heavy atom. The zero-order valence-electron chi connectivity index (χ0n) is 16.6. The average molecular weight is 419 g/mol. The van der Waals surface area contributed by atoms with E-state index in [2.05, 4.69) is 10.6 Å². The third-order valence-corrected chi connectivity index (χ3v) is 4.43. The predicted octanol–water partition coefficient (Wildman–Crippen LogP) is 4.07. The van der Waals surface area contributed by atoms with Crippen molar-refractivity contribution in [3.63, 3.8) is 0 Å². The number of non-ortho nitro benzene ring substituents is 1. The molecule has 0 aliphatic rings. The lowest BCUT2D eigenvalue weighted by atomic mass is 10.1. The molecule has 0 aliphatic carbocycles. The van der Waals surface area contributed by atoms with Crippen molar-refractivity contribution >= 4 is 23.4 Å². The highest BCUT2D eigenvalue weighted by atomic mass is 16.6. The summed E-state index contributed by atoms with van der Waals surface area (Å²) >= 11 is 0. The summed E-state index contributed by atoms with van der Waals surface area (Å²) in [4.78, 5) is 35.6. The Bertz CT molecular complexity index is 1040. The highest BCUT2D eigenvalue weighted by molar-refractivity contribution is 5.97. The Kier molecular flexibility index (Phi) is 7.31. The van der Waals surface area contributed by atoms with Gasteiger partial charge in [-0.3, -0.25) is 14.9 Å². The molecule has 3 aromatic carbocycles. The van der Waals surface area contributed by atoms with E-state index in [9.17, 15) is 19.7 Å². The molecule has 8 nitrogen and oxygen atoms in total. The van der Waals surface area contributed by atoms with E-state index in [0.717, 1.165) is 11.1 Å². The molecule has 0 fully saturated rings. The first-order valence-corrected chi connectivity index (χ1v) is 9.58. The van der Waals surface area contributed by atoms with Gasteiger partial charge in [-0.05, 0) is 17.2 Å². The molecule has 0 heterocycles. The smallest absolute Gasteiger partial charge is 0.408 e.